The van der Waals surface area contributed by atoms with Crippen LogP contribution in [0.4, 0.5) is 0 Å². The van der Waals surface area contributed by atoms with Gasteiger partial charge in [-0.25, -0.2) is 0 Å². The number of aliphatic hydroxyl groups is 1. The Hall–Kier alpha value is -1.39. The minimum absolute atomic E-state index is 0.171. The number of aliphatic hydroxyl groups excluding tert-OH is 1. The van der Waals surface area contributed by atoms with Crippen LogP contribution in [-0.2, 0) is 6.54 Å². The lowest BCUT2D eigenvalue weighted by atomic mass is 9.98. The molecular formula is C19H28N2O2. The SMILES string of the molecule is O=C(c1ccc(CN2CCCCC2CCO)cc1)N1CCCC1. The topological polar surface area (TPSA) is 43.8 Å². The van der Waals surface area contributed by atoms with Gasteiger partial charge in [-0.3, -0.25) is 9.69 Å². The summed E-state index contributed by atoms with van der Waals surface area (Å²) < 4.78 is 0. The van der Waals surface area contributed by atoms with E-state index in [0.29, 0.717) is 6.04 Å². The summed E-state index contributed by atoms with van der Waals surface area (Å²) in [4.78, 5) is 16.8. The minimum atomic E-state index is 0.171. The Balaban J connectivity index is 1.61. The van der Waals surface area contributed by atoms with E-state index in [1.54, 1.807) is 0 Å². The van der Waals surface area contributed by atoms with Gasteiger partial charge in [0.05, 0.1) is 0 Å². The molecule has 2 aliphatic heterocycles. The number of carbonyl (C=O) groups excluding carboxylic acids is 1. The second-order valence-electron chi connectivity index (χ2n) is 6.83. The highest BCUT2D eigenvalue weighted by atomic mass is 16.3. The van der Waals surface area contributed by atoms with Crippen LogP contribution < -0.4 is 0 Å². The van der Waals surface area contributed by atoms with E-state index in [0.717, 1.165) is 51.0 Å². The molecule has 23 heavy (non-hydrogen) atoms. The molecule has 1 unspecified atom stereocenters. The third-order valence-corrected chi connectivity index (χ3v) is 5.19. The fraction of sp³-hybridized carbons (Fsp3) is 0.632. The average Bonchev–Trinajstić information content (AvgIpc) is 3.11. The normalized spacial score (nSPS) is 22.5. The molecule has 4 nitrogen and oxygen atoms in total. The molecule has 1 atom stereocenters. The first-order valence-corrected chi connectivity index (χ1v) is 9.01. The van der Waals surface area contributed by atoms with Gasteiger partial charge in [0.15, 0.2) is 0 Å². The zero-order valence-electron chi connectivity index (χ0n) is 13.9. The molecule has 4 heteroatoms. The number of benzene rings is 1. The van der Waals surface area contributed by atoms with Crippen LogP contribution in [0.3, 0.4) is 0 Å². The number of rotatable bonds is 5. The van der Waals surface area contributed by atoms with E-state index in [2.05, 4.69) is 17.0 Å². The lowest BCUT2D eigenvalue weighted by molar-refractivity contribution is 0.0792. The summed E-state index contributed by atoms with van der Waals surface area (Å²) >= 11 is 0. The Morgan fingerprint density at radius 2 is 1.74 bits per heavy atom. The van der Waals surface area contributed by atoms with E-state index in [1.165, 1.54) is 24.8 Å². The Labute approximate surface area is 139 Å². The number of amides is 1. The van der Waals surface area contributed by atoms with E-state index < -0.39 is 0 Å². The van der Waals surface area contributed by atoms with Crippen LogP contribution in [-0.4, -0.2) is 53.1 Å². The van der Waals surface area contributed by atoms with Crippen molar-refractivity contribution in [2.24, 2.45) is 0 Å². The van der Waals surface area contributed by atoms with Crippen LogP contribution in [0.15, 0.2) is 24.3 Å². The van der Waals surface area contributed by atoms with Crippen LogP contribution >= 0.6 is 0 Å². The van der Waals surface area contributed by atoms with Crippen LogP contribution in [0, 0.1) is 0 Å². The molecule has 126 valence electrons. The van der Waals surface area contributed by atoms with Gasteiger partial charge in [0, 0.05) is 37.8 Å². The largest absolute Gasteiger partial charge is 0.396 e. The second-order valence-corrected chi connectivity index (χ2v) is 6.83. The van der Waals surface area contributed by atoms with E-state index in [4.69, 9.17) is 0 Å². The van der Waals surface area contributed by atoms with Crippen LogP contribution in [0.2, 0.25) is 0 Å². The summed E-state index contributed by atoms with van der Waals surface area (Å²) in [6, 6.07) is 8.63. The summed E-state index contributed by atoms with van der Waals surface area (Å²) in [5, 5.41) is 9.23. The molecule has 0 bridgehead atoms. The van der Waals surface area contributed by atoms with Crippen molar-refractivity contribution in [3.8, 4) is 0 Å². The van der Waals surface area contributed by atoms with Gasteiger partial charge in [-0.05, 0) is 56.3 Å². The van der Waals surface area contributed by atoms with Gasteiger partial charge < -0.3 is 10.0 Å². The van der Waals surface area contributed by atoms with E-state index >= 15 is 0 Å². The Morgan fingerprint density at radius 1 is 1.04 bits per heavy atom. The van der Waals surface area contributed by atoms with Gasteiger partial charge in [-0.15, -0.1) is 0 Å². The molecule has 2 heterocycles. The monoisotopic (exact) mass is 316 g/mol. The highest BCUT2D eigenvalue weighted by molar-refractivity contribution is 5.94. The number of piperidine rings is 1. The minimum Gasteiger partial charge on any atom is -0.396 e. The zero-order valence-corrected chi connectivity index (χ0v) is 13.9. The van der Waals surface area contributed by atoms with Gasteiger partial charge >= 0.3 is 0 Å². The zero-order chi connectivity index (χ0) is 16.1. The van der Waals surface area contributed by atoms with Crippen molar-refractivity contribution in [2.45, 2.75) is 51.1 Å². The summed E-state index contributed by atoms with van der Waals surface area (Å²) in [5.41, 5.74) is 2.06. The first kappa shape index (κ1) is 16.5. The molecule has 0 radical (unpaired) electrons. The van der Waals surface area contributed by atoms with Crippen molar-refractivity contribution in [2.75, 3.05) is 26.2 Å². The lowest BCUT2D eigenvalue weighted by Crippen LogP contribution is -2.39. The van der Waals surface area contributed by atoms with Gasteiger partial charge in [0.1, 0.15) is 0 Å². The van der Waals surface area contributed by atoms with Crippen molar-refractivity contribution in [3.63, 3.8) is 0 Å². The van der Waals surface area contributed by atoms with Crippen molar-refractivity contribution in [1.82, 2.24) is 9.80 Å². The van der Waals surface area contributed by atoms with Crippen molar-refractivity contribution >= 4 is 5.91 Å². The number of nitrogens with zero attached hydrogens (tertiary/aromatic N) is 2. The number of likely N-dealkylation sites (tertiary alicyclic amines) is 2. The molecule has 1 amide bonds. The fourth-order valence-electron chi connectivity index (χ4n) is 3.83. The molecule has 1 aromatic rings. The Kier molecular flexibility index (Phi) is 5.68. The molecule has 0 saturated carbocycles. The maximum absolute atomic E-state index is 12.4. The molecule has 2 fully saturated rings. The number of carbonyl (C=O) groups is 1. The van der Waals surface area contributed by atoms with E-state index in [1.807, 2.05) is 17.0 Å². The Bertz CT molecular complexity index is 507. The van der Waals surface area contributed by atoms with Gasteiger partial charge in [-0.1, -0.05) is 18.6 Å². The summed E-state index contributed by atoms with van der Waals surface area (Å²) in [5.74, 6) is 0.171. The maximum atomic E-state index is 12.4. The number of hydrogen-bond acceptors (Lipinski definition) is 3. The van der Waals surface area contributed by atoms with Crippen molar-refractivity contribution in [3.05, 3.63) is 35.4 Å². The van der Waals surface area contributed by atoms with Crippen LogP contribution in [0.1, 0.15) is 54.4 Å². The predicted octanol–water partition coefficient (Wildman–Crippen LogP) is 2.66. The molecule has 2 saturated heterocycles. The Morgan fingerprint density at radius 3 is 2.43 bits per heavy atom. The number of hydrogen-bond donors (Lipinski definition) is 1. The first-order chi connectivity index (χ1) is 11.3. The van der Waals surface area contributed by atoms with Crippen LogP contribution in [0.25, 0.3) is 0 Å². The molecule has 1 aromatic carbocycles. The standard InChI is InChI=1S/C19H28N2O2/c22-14-10-18-5-1-2-13-21(18)15-16-6-8-17(9-7-16)19(23)20-11-3-4-12-20/h6-9,18,22H,1-5,10-15H2. The quantitative estimate of drug-likeness (QED) is 0.908. The van der Waals surface area contributed by atoms with Gasteiger partial charge in [-0.2, -0.15) is 0 Å². The summed E-state index contributed by atoms with van der Waals surface area (Å²) in [7, 11) is 0. The molecule has 1 N–H and O–H groups in total. The predicted molar refractivity (Wildman–Crippen MR) is 91.3 cm³/mol. The third kappa shape index (κ3) is 4.12. The highest BCUT2D eigenvalue weighted by Crippen LogP contribution is 2.22. The first-order valence-electron chi connectivity index (χ1n) is 9.01. The smallest absolute Gasteiger partial charge is 0.253 e. The molecule has 0 spiro atoms. The molecule has 2 aliphatic rings. The molecular weight excluding hydrogens is 288 g/mol. The van der Waals surface area contributed by atoms with Crippen molar-refractivity contribution in [1.29, 1.82) is 0 Å². The van der Waals surface area contributed by atoms with E-state index in [9.17, 15) is 9.90 Å². The van der Waals surface area contributed by atoms with Crippen LogP contribution in [0.5, 0.6) is 0 Å². The van der Waals surface area contributed by atoms with Gasteiger partial charge in [0.2, 0.25) is 0 Å². The molecule has 3 rings (SSSR count). The molecule has 0 aromatic heterocycles. The maximum Gasteiger partial charge on any atom is 0.253 e. The molecule has 0 aliphatic carbocycles. The van der Waals surface area contributed by atoms with Gasteiger partial charge in [0.25, 0.3) is 5.91 Å². The second kappa shape index (κ2) is 7.93. The highest BCUT2D eigenvalue weighted by Gasteiger charge is 2.22. The summed E-state index contributed by atoms with van der Waals surface area (Å²) in [6.07, 6.45) is 6.82. The lowest BCUT2D eigenvalue weighted by Gasteiger charge is -2.35. The van der Waals surface area contributed by atoms with E-state index in [-0.39, 0.29) is 12.5 Å². The summed E-state index contributed by atoms with van der Waals surface area (Å²) in [6.45, 7) is 4.10. The fourth-order valence-corrected chi connectivity index (χ4v) is 3.83. The average molecular weight is 316 g/mol. The third-order valence-electron chi connectivity index (χ3n) is 5.19. The van der Waals surface area contributed by atoms with Crippen molar-refractivity contribution < 1.29 is 9.90 Å².